The highest BCUT2D eigenvalue weighted by Gasteiger charge is 2.38. The van der Waals surface area contributed by atoms with Gasteiger partial charge in [-0.2, -0.15) is 0 Å². The van der Waals surface area contributed by atoms with Gasteiger partial charge in [-0.15, -0.1) is 0 Å². The summed E-state index contributed by atoms with van der Waals surface area (Å²) in [7, 11) is 0. The van der Waals surface area contributed by atoms with Gasteiger partial charge in [-0.3, -0.25) is 18.4 Å². The van der Waals surface area contributed by atoms with Crippen LogP contribution < -0.4 is 10.6 Å². The average molecular weight is 661 g/mol. The van der Waals surface area contributed by atoms with Gasteiger partial charge in [0.1, 0.15) is 11.6 Å². The van der Waals surface area contributed by atoms with Crippen LogP contribution in [0.1, 0.15) is 93.0 Å². The summed E-state index contributed by atoms with van der Waals surface area (Å²) in [6.07, 6.45) is 3.41. The highest BCUT2D eigenvalue weighted by Crippen LogP contribution is 2.36. The molecule has 4 aromatic rings. The molecule has 0 spiro atoms. The highest BCUT2D eigenvalue weighted by molar-refractivity contribution is 5.82. The van der Waals surface area contributed by atoms with Crippen LogP contribution in [0.25, 0.3) is 33.6 Å². The van der Waals surface area contributed by atoms with Gasteiger partial charge < -0.3 is 20.6 Å². The summed E-state index contributed by atoms with van der Waals surface area (Å²) in [5.74, 6) is 0.654. The maximum Gasteiger partial charge on any atom is 0.225 e. The number of nitrogens with one attached hydrogen (secondary N) is 4. The number of carbonyl (C=O) groups excluding carboxylic acids is 2. The summed E-state index contributed by atoms with van der Waals surface area (Å²) in [6.45, 7) is 16.8. The van der Waals surface area contributed by atoms with Gasteiger partial charge in [0, 0.05) is 21.7 Å². The van der Waals surface area contributed by atoms with Crippen LogP contribution >= 0.6 is 0 Å². The molecule has 4 N–H and O–H groups in total. The molecular weight excluding hydrogens is 610 g/mol. The van der Waals surface area contributed by atoms with Crippen molar-refractivity contribution < 1.29 is 18.4 Å². The largest absolute Gasteiger partial charge is 0.345 e. The Kier molecular flexibility index (Phi) is 10.4. The molecule has 0 saturated heterocycles. The zero-order chi connectivity index (χ0) is 35.7. The number of halogens is 2. The van der Waals surface area contributed by atoms with E-state index in [1.165, 1.54) is 0 Å². The van der Waals surface area contributed by atoms with Gasteiger partial charge in [0.15, 0.2) is 0 Å². The molecule has 0 aliphatic carbocycles. The van der Waals surface area contributed by atoms with E-state index < -0.39 is 47.1 Å². The molecule has 2 aromatic heterocycles. The second-order valence-corrected chi connectivity index (χ2v) is 16.1. The minimum Gasteiger partial charge on any atom is -0.345 e. The van der Waals surface area contributed by atoms with E-state index in [1.807, 2.05) is 90.1 Å². The first kappa shape index (κ1) is 36.5. The van der Waals surface area contributed by atoms with Crippen LogP contribution in [0.3, 0.4) is 0 Å². The van der Waals surface area contributed by atoms with E-state index in [9.17, 15) is 18.4 Å². The van der Waals surface area contributed by atoms with E-state index in [-0.39, 0.29) is 11.8 Å². The molecule has 2 amide bonds. The van der Waals surface area contributed by atoms with Crippen LogP contribution in [0.4, 0.5) is 8.78 Å². The maximum atomic E-state index is 14.1. The Labute approximate surface area is 283 Å². The first-order chi connectivity index (χ1) is 22.3. The Morgan fingerprint density at radius 2 is 0.875 bits per heavy atom. The Morgan fingerprint density at radius 1 is 0.583 bits per heavy atom. The van der Waals surface area contributed by atoms with Crippen molar-refractivity contribution in [1.29, 1.82) is 0 Å². The van der Waals surface area contributed by atoms with E-state index in [2.05, 4.69) is 30.6 Å². The van der Waals surface area contributed by atoms with Crippen molar-refractivity contribution >= 4 is 11.8 Å². The van der Waals surface area contributed by atoms with Gasteiger partial charge in [-0.1, -0.05) is 118 Å². The van der Waals surface area contributed by atoms with Gasteiger partial charge in [0.25, 0.3) is 0 Å². The molecule has 0 saturated carbocycles. The van der Waals surface area contributed by atoms with Crippen LogP contribution in [0.15, 0.2) is 60.9 Å². The molecule has 2 aromatic carbocycles. The fraction of sp³-hybridized carbons (Fsp3) is 0.474. The van der Waals surface area contributed by atoms with Gasteiger partial charge >= 0.3 is 0 Å². The van der Waals surface area contributed by atoms with Crippen molar-refractivity contribution in [3.63, 3.8) is 0 Å². The number of amides is 2. The fourth-order valence-electron chi connectivity index (χ4n) is 5.06. The van der Waals surface area contributed by atoms with Crippen LogP contribution in [-0.2, 0) is 9.59 Å². The fourth-order valence-corrected chi connectivity index (χ4v) is 5.06. The summed E-state index contributed by atoms with van der Waals surface area (Å²) in [5, 5.41) is 5.99. The Balaban J connectivity index is 1.52. The molecule has 0 bridgehead atoms. The number of aromatic amines is 2. The number of H-pyrrole nitrogens is 2. The van der Waals surface area contributed by atoms with Gasteiger partial charge in [0.2, 0.25) is 11.8 Å². The summed E-state index contributed by atoms with van der Waals surface area (Å²) in [6, 6.07) is 14.8. The third-order valence-corrected chi connectivity index (χ3v) is 8.63. The van der Waals surface area contributed by atoms with Crippen molar-refractivity contribution in [3.8, 4) is 33.6 Å². The smallest absolute Gasteiger partial charge is 0.225 e. The lowest BCUT2D eigenvalue weighted by atomic mass is 9.84. The molecule has 0 unspecified atom stereocenters. The number of imidazole rings is 2. The van der Waals surface area contributed by atoms with E-state index >= 15 is 0 Å². The molecule has 8 nitrogen and oxygen atoms in total. The zero-order valence-corrected chi connectivity index (χ0v) is 29.8. The summed E-state index contributed by atoms with van der Waals surface area (Å²) < 4.78 is 28.1. The molecule has 2 atom stereocenters. The first-order valence-electron chi connectivity index (χ1n) is 16.3. The van der Waals surface area contributed by atoms with Crippen molar-refractivity contribution in [2.24, 2.45) is 21.7 Å². The number of aromatic nitrogens is 4. The zero-order valence-electron chi connectivity index (χ0n) is 29.8. The molecule has 0 radical (unpaired) electrons. The minimum atomic E-state index is -0.862. The Morgan fingerprint density at radius 3 is 1.15 bits per heavy atom. The number of carbonyl (C=O) groups is 2. The van der Waals surface area contributed by atoms with E-state index in [0.29, 0.717) is 11.6 Å². The predicted octanol–water partition coefficient (Wildman–Crippen LogP) is 8.53. The number of benzene rings is 2. The number of hydrogen-bond acceptors (Lipinski definition) is 4. The predicted molar refractivity (Wildman–Crippen MR) is 187 cm³/mol. The molecule has 10 heteroatoms. The molecule has 258 valence electrons. The van der Waals surface area contributed by atoms with Gasteiger partial charge in [-0.25, -0.2) is 9.97 Å². The van der Waals surface area contributed by atoms with E-state index in [0.717, 1.165) is 33.6 Å². The summed E-state index contributed by atoms with van der Waals surface area (Å²) in [4.78, 5) is 41.3. The van der Waals surface area contributed by atoms with Crippen molar-refractivity contribution in [2.45, 2.75) is 81.3 Å². The quantitative estimate of drug-likeness (QED) is 0.129. The standard InChI is InChI=1S/C38H50F2N6O2/c1-35(2,3)33(47)45-29(37(7,8)21-39)31-41-19-27(43-31)25-15-11-23(12-16-25)24-13-17-26(18-14-24)28-20-42-32(44-28)30(38(9,10)22-40)46-34(48)36(4,5)6/h11-20,29-30H,21-22H2,1-10H3,(H,41,43)(H,42,44)(H,45,47)(H,46,48)/t29-,30-/m1/s1. The second-order valence-electron chi connectivity index (χ2n) is 16.1. The number of hydrogen-bond donors (Lipinski definition) is 4. The Bertz CT molecular complexity index is 1580. The van der Waals surface area contributed by atoms with Crippen molar-refractivity contribution in [1.82, 2.24) is 30.6 Å². The monoisotopic (exact) mass is 660 g/mol. The van der Waals surface area contributed by atoms with Gasteiger partial charge in [-0.05, 0) is 22.3 Å². The van der Waals surface area contributed by atoms with E-state index in [4.69, 9.17) is 0 Å². The lowest BCUT2D eigenvalue weighted by Gasteiger charge is -2.33. The average Bonchev–Trinajstić information content (AvgIpc) is 3.72. The summed E-state index contributed by atoms with van der Waals surface area (Å²) >= 11 is 0. The van der Waals surface area contributed by atoms with Crippen LogP contribution in [0.5, 0.6) is 0 Å². The Hall–Kier alpha value is -4.34. The van der Waals surface area contributed by atoms with Crippen LogP contribution in [0, 0.1) is 21.7 Å². The van der Waals surface area contributed by atoms with Crippen LogP contribution in [-0.4, -0.2) is 45.1 Å². The molecular formula is C38H50F2N6O2. The van der Waals surface area contributed by atoms with E-state index in [1.54, 1.807) is 40.1 Å². The SMILES string of the molecule is CC(C)(C)C(=O)N[C@H](c1ncc(-c2ccc(-c3ccc(-c4cnc([C@@H](NC(=O)C(C)(C)C)C(C)(C)CF)[nH]4)cc3)cc2)[nH]1)C(C)(C)CF. The van der Waals surface area contributed by atoms with Crippen LogP contribution in [0.2, 0.25) is 0 Å². The molecule has 0 fully saturated rings. The highest BCUT2D eigenvalue weighted by atomic mass is 19.1. The number of rotatable bonds is 11. The third kappa shape index (κ3) is 8.20. The van der Waals surface area contributed by atoms with Crippen molar-refractivity contribution in [2.75, 3.05) is 13.3 Å². The lowest BCUT2D eigenvalue weighted by Crippen LogP contribution is -2.44. The lowest BCUT2D eigenvalue weighted by molar-refractivity contribution is -0.131. The molecule has 4 rings (SSSR count). The number of nitrogens with zero attached hydrogens (tertiary/aromatic N) is 2. The summed E-state index contributed by atoms with van der Waals surface area (Å²) in [5.41, 5.74) is 2.38. The second kappa shape index (κ2) is 13.6. The molecule has 0 aliphatic rings. The normalized spacial score (nSPS) is 14.0. The molecule has 48 heavy (non-hydrogen) atoms. The minimum absolute atomic E-state index is 0.176. The maximum absolute atomic E-state index is 14.1. The number of alkyl halides is 2. The topological polar surface area (TPSA) is 116 Å². The first-order valence-corrected chi connectivity index (χ1v) is 16.3. The van der Waals surface area contributed by atoms with Crippen molar-refractivity contribution in [3.05, 3.63) is 72.6 Å². The third-order valence-electron chi connectivity index (χ3n) is 8.63. The molecule has 2 heterocycles. The molecule has 0 aliphatic heterocycles. The van der Waals surface area contributed by atoms with Gasteiger partial charge in [0.05, 0.1) is 49.2 Å².